The van der Waals surface area contributed by atoms with E-state index in [4.69, 9.17) is 4.42 Å². The molecule has 0 amide bonds. The van der Waals surface area contributed by atoms with Crippen LogP contribution in [0.2, 0.25) is 0 Å². The van der Waals surface area contributed by atoms with Gasteiger partial charge in [0.15, 0.2) is 5.58 Å². The Hall–Kier alpha value is -6.64. The Labute approximate surface area is 322 Å². The van der Waals surface area contributed by atoms with Gasteiger partial charge in [0.05, 0.1) is 11.4 Å². The molecule has 1 heterocycles. The van der Waals surface area contributed by atoms with Gasteiger partial charge in [0.25, 0.3) is 0 Å². The second-order valence-electron chi connectivity index (χ2n) is 15.7. The standard InChI is InChI=1S/C53H39NO/c1-33-39-21-7-8-22-41(39)49-40(33)29-30-43-42-24-13-28-48(51(42)55-52(43)49)54(47-27-14-26-46-50(47)44-23-9-10-25-45(44)53(46,2)3)38-20-12-19-37(32-38)36-18-11-17-35(31-36)34-15-5-4-6-16-34/h4-33H,1-3H3. The molecule has 0 spiro atoms. The molecule has 0 N–H and O–H groups in total. The Morgan fingerprint density at radius 2 is 1.07 bits per heavy atom. The van der Waals surface area contributed by atoms with Crippen LogP contribution in [0.1, 0.15) is 48.9 Å². The van der Waals surface area contributed by atoms with Gasteiger partial charge >= 0.3 is 0 Å². The van der Waals surface area contributed by atoms with E-state index in [1.165, 1.54) is 61.2 Å². The first-order chi connectivity index (χ1) is 27.0. The zero-order valence-electron chi connectivity index (χ0n) is 31.2. The van der Waals surface area contributed by atoms with Crippen LogP contribution in [-0.2, 0) is 5.41 Å². The second kappa shape index (κ2) is 11.9. The Morgan fingerprint density at radius 3 is 1.93 bits per heavy atom. The van der Waals surface area contributed by atoms with Crippen LogP contribution in [0.3, 0.4) is 0 Å². The third-order valence-electron chi connectivity index (χ3n) is 12.3. The number of hydrogen-bond acceptors (Lipinski definition) is 2. The lowest BCUT2D eigenvalue weighted by Crippen LogP contribution is -2.16. The van der Waals surface area contributed by atoms with Gasteiger partial charge < -0.3 is 9.32 Å². The van der Waals surface area contributed by atoms with Gasteiger partial charge in [-0.15, -0.1) is 0 Å². The first-order valence-electron chi connectivity index (χ1n) is 19.3. The third kappa shape index (κ3) is 4.68. The number of nitrogens with zero attached hydrogens (tertiary/aromatic N) is 1. The number of furan rings is 1. The number of benzene rings is 8. The van der Waals surface area contributed by atoms with Crippen LogP contribution in [0.5, 0.6) is 0 Å². The summed E-state index contributed by atoms with van der Waals surface area (Å²) in [6, 6.07) is 64.3. The summed E-state index contributed by atoms with van der Waals surface area (Å²) in [5, 5.41) is 2.27. The summed E-state index contributed by atoms with van der Waals surface area (Å²) >= 11 is 0. The fourth-order valence-electron chi connectivity index (χ4n) is 9.61. The molecule has 2 aliphatic carbocycles. The van der Waals surface area contributed by atoms with Gasteiger partial charge in [0, 0.05) is 38.9 Å². The third-order valence-corrected chi connectivity index (χ3v) is 12.3. The quantitative estimate of drug-likeness (QED) is 0.177. The van der Waals surface area contributed by atoms with Crippen LogP contribution >= 0.6 is 0 Å². The molecule has 8 aromatic carbocycles. The molecular weight excluding hydrogens is 667 g/mol. The summed E-state index contributed by atoms with van der Waals surface area (Å²) < 4.78 is 7.22. The highest BCUT2D eigenvalue weighted by molar-refractivity contribution is 6.15. The molecular formula is C53H39NO. The lowest BCUT2D eigenvalue weighted by Gasteiger charge is -2.29. The zero-order valence-corrected chi connectivity index (χ0v) is 31.2. The van der Waals surface area contributed by atoms with Crippen molar-refractivity contribution in [2.24, 2.45) is 0 Å². The van der Waals surface area contributed by atoms with E-state index in [1.54, 1.807) is 0 Å². The van der Waals surface area contributed by atoms with E-state index >= 15 is 0 Å². The summed E-state index contributed by atoms with van der Waals surface area (Å²) in [4.78, 5) is 2.45. The van der Waals surface area contributed by atoms with Gasteiger partial charge in [0.2, 0.25) is 0 Å². The van der Waals surface area contributed by atoms with Crippen molar-refractivity contribution in [2.45, 2.75) is 32.1 Å². The van der Waals surface area contributed by atoms with Crippen molar-refractivity contribution in [3.05, 3.63) is 198 Å². The molecule has 2 nitrogen and oxygen atoms in total. The van der Waals surface area contributed by atoms with E-state index in [-0.39, 0.29) is 5.41 Å². The normalized spacial score (nSPS) is 14.8. The lowest BCUT2D eigenvalue weighted by molar-refractivity contribution is 0.660. The number of rotatable bonds is 5. The SMILES string of the molecule is CC1c2ccccc2-c2c1ccc1c2oc2c(N(c3cccc(-c4cccc(-c5ccccc5)c4)c3)c3cccc4c3-c3ccccc3C4(C)C)cccc21. The average Bonchev–Trinajstić information content (AvgIpc) is 3.84. The highest BCUT2D eigenvalue weighted by Gasteiger charge is 2.38. The molecule has 2 aliphatic rings. The predicted molar refractivity (Wildman–Crippen MR) is 230 cm³/mol. The molecule has 0 saturated heterocycles. The number of hydrogen-bond donors (Lipinski definition) is 0. The van der Waals surface area contributed by atoms with Crippen LogP contribution in [0.15, 0.2) is 180 Å². The molecule has 55 heavy (non-hydrogen) atoms. The van der Waals surface area contributed by atoms with E-state index < -0.39 is 0 Å². The van der Waals surface area contributed by atoms with Gasteiger partial charge in [-0.2, -0.15) is 0 Å². The van der Waals surface area contributed by atoms with E-state index in [9.17, 15) is 0 Å². The summed E-state index contributed by atoms with van der Waals surface area (Å²) in [6.45, 7) is 7.02. The van der Waals surface area contributed by atoms with Gasteiger partial charge in [-0.3, -0.25) is 0 Å². The predicted octanol–water partition coefficient (Wildman–Crippen LogP) is 14.8. The van der Waals surface area contributed by atoms with Crippen LogP contribution in [-0.4, -0.2) is 0 Å². The van der Waals surface area contributed by atoms with E-state index in [0.717, 1.165) is 44.6 Å². The summed E-state index contributed by atoms with van der Waals surface area (Å²) in [5.41, 5.74) is 20.2. The zero-order chi connectivity index (χ0) is 36.8. The first kappa shape index (κ1) is 31.8. The molecule has 2 heteroatoms. The number of fused-ring (bicyclic) bond motifs is 10. The van der Waals surface area contributed by atoms with Crippen molar-refractivity contribution in [3.8, 4) is 44.5 Å². The molecule has 1 unspecified atom stereocenters. The maximum atomic E-state index is 7.22. The average molecular weight is 706 g/mol. The van der Waals surface area contributed by atoms with Gasteiger partial charge in [-0.1, -0.05) is 166 Å². The summed E-state index contributed by atoms with van der Waals surface area (Å²) in [7, 11) is 0. The molecule has 0 fully saturated rings. The van der Waals surface area contributed by atoms with E-state index in [1.807, 2.05) is 0 Å². The molecule has 1 aromatic heterocycles. The van der Waals surface area contributed by atoms with Crippen LogP contribution in [0, 0.1) is 0 Å². The minimum absolute atomic E-state index is 0.136. The van der Waals surface area contributed by atoms with Gasteiger partial charge in [-0.05, 0) is 86.0 Å². The Morgan fingerprint density at radius 1 is 0.455 bits per heavy atom. The number of anilines is 3. The maximum Gasteiger partial charge on any atom is 0.159 e. The summed E-state index contributed by atoms with van der Waals surface area (Å²) in [5.74, 6) is 0.318. The molecule has 1 atom stereocenters. The molecule has 0 saturated carbocycles. The second-order valence-corrected chi connectivity index (χ2v) is 15.7. The highest BCUT2D eigenvalue weighted by atomic mass is 16.3. The molecule has 262 valence electrons. The maximum absolute atomic E-state index is 7.22. The van der Waals surface area contributed by atoms with Gasteiger partial charge in [-0.25, -0.2) is 0 Å². The molecule has 0 bridgehead atoms. The van der Waals surface area contributed by atoms with Crippen molar-refractivity contribution in [1.29, 1.82) is 0 Å². The fourth-order valence-corrected chi connectivity index (χ4v) is 9.61. The smallest absolute Gasteiger partial charge is 0.159 e. The minimum atomic E-state index is -0.136. The highest BCUT2D eigenvalue weighted by Crippen LogP contribution is 2.56. The lowest BCUT2D eigenvalue weighted by atomic mass is 9.82. The molecule has 9 aromatic rings. The molecule has 11 rings (SSSR count). The van der Waals surface area contributed by atoms with Crippen molar-refractivity contribution in [3.63, 3.8) is 0 Å². The van der Waals surface area contributed by atoms with Crippen LogP contribution < -0.4 is 4.90 Å². The Kier molecular flexibility index (Phi) is 6.91. The van der Waals surface area contributed by atoms with Crippen molar-refractivity contribution in [2.75, 3.05) is 4.90 Å². The summed E-state index contributed by atoms with van der Waals surface area (Å²) in [6.07, 6.45) is 0. The van der Waals surface area contributed by atoms with Crippen molar-refractivity contribution < 1.29 is 4.42 Å². The van der Waals surface area contributed by atoms with Crippen molar-refractivity contribution >= 4 is 39.0 Å². The Balaban J connectivity index is 1.17. The topological polar surface area (TPSA) is 16.4 Å². The minimum Gasteiger partial charge on any atom is -0.453 e. The van der Waals surface area contributed by atoms with Gasteiger partial charge in [0.1, 0.15) is 5.58 Å². The van der Waals surface area contributed by atoms with Crippen LogP contribution in [0.4, 0.5) is 17.1 Å². The first-order valence-corrected chi connectivity index (χ1v) is 19.3. The van der Waals surface area contributed by atoms with Crippen molar-refractivity contribution in [1.82, 2.24) is 0 Å². The molecule has 0 aliphatic heterocycles. The van der Waals surface area contributed by atoms with E-state index in [0.29, 0.717) is 5.92 Å². The number of para-hydroxylation sites is 1. The largest absolute Gasteiger partial charge is 0.453 e. The Bertz CT molecular complexity index is 2980. The monoisotopic (exact) mass is 705 g/mol. The fraction of sp³-hybridized carbons (Fsp3) is 0.0943. The van der Waals surface area contributed by atoms with E-state index in [2.05, 4.69) is 202 Å². The van der Waals surface area contributed by atoms with Crippen LogP contribution in [0.25, 0.3) is 66.4 Å². The molecule has 0 radical (unpaired) electrons.